The minimum Gasteiger partial charge on any atom is -0.478 e. The molecule has 7 atom stereocenters. The van der Waals surface area contributed by atoms with Gasteiger partial charge < -0.3 is 40.5 Å². The summed E-state index contributed by atoms with van der Waals surface area (Å²) in [6.45, 7) is 6.23. The van der Waals surface area contributed by atoms with Gasteiger partial charge in [0.15, 0.2) is 28.9 Å². The zero-order valence-electron chi connectivity index (χ0n) is 24.6. The lowest BCUT2D eigenvalue weighted by Crippen LogP contribution is -2.47. The Kier molecular flexibility index (Phi) is 12.3. The molecule has 0 aromatic heterocycles. The summed E-state index contributed by atoms with van der Waals surface area (Å²) in [5.74, 6) is -11.5. The Bertz CT molecular complexity index is 1270. The van der Waals surface area contributed by atoms with E-state index in [1.165, 1.54) is 0 Å². The van der Waals surface area contributed by atoms with Crippen molar-refractivity contribution >= 4 is 40.9 Å². The van der Waals surface area contributed by atoms with Gasteiger partial charge in [0.1, 0.15) is 36.6 Å². The standard InChI is InChI=1S/C28H36O15/c1-8-28(27(41)42,43-26(40)14(7)34)20-18(24(38)12(5)32)16(22(36)10(3)30)15(21(35)9(2)29)17(23(37)11(4)31)19(20)25(39)13(6)33/h9-14,29-34H,8H2,1-7H3,(H,41,42). The molecular weight excluding hydrogens is 576 g/mol. The number of carbonyl (C=O) groups excluding carboxylic acids is 6. The number of aliphatic carboxylic acids is 1. The summed E-state index contributed by atoms with van der Waals surface area (Å²) in [6.07, 6.45) is -13.5. The summed E-state index contributed by atoms with van der Waals surface area (Å²) in [6, 6.07) is 0. The van der Waals surface area contributed by atoms with Gasteiger partial charge in [0, 0.05) is 33.4 Å². The maximum atomic E-state index is 13.7. The number of rotatable bonds is 15. The van der Waals surface area contributed by atoms with Crippen molar-refractivity contribution in [3.63, 3.8) is 0 Å². The molecule has 0 heterocycles. The average Bonchev–Trinajstić information content (AvgIpc) is 2.91. The van der Waals surface area contributed by atoms with Gasteiger partial charge in [0.2, 0.25) is 5.60 Å². The maximum absolute atomic E-state index is 13.7. The van der Waals surface area contributed by atoms with Crippen LogP contribution in [-0.4, -0.2) is 113 Å². The lowest BCUT2D eigenvalue weighted by atomic mass is 9.71. The van der Waals surface area contributed by atoms with E-state index in [2.05, 4.69) is 0 Å². The third-order valence-electron chi connectivity index (χ3n) is 6.49. The van der Waals surface area contributed by atoms with Gasteiger partial charge in [-0.25, -0.2) is 9.59 Å². The Labute approximate surface area is 245 Å². The van der Waals surface area contributed by atoms with E-state index < -0.39 is 123 Å². The molecule has 0 saturated carbocycles. The van der Waals surface area contributed by atoms with E-state index in [1.54, 1.807) is 0 Å². The Morgan fingerprint density at radius 3 is 1.00 bits per heavy atom. The molecule has 0 aliphatic rings. The van der Waals surface area contributed by atoms with Gasteiger partial charge in [-0.2, -0.15) is 0 Å². The third kappa shape index (κ3) is 7.09. The van der Waals surface area contributed by atoms with Crippen molar-refractivity contribution in [1.29, 1.82) is 0 Å². The number of ketones is 5. The Balaban J connectivity index is 5.23. The van der Waals surface area contributed by atoms with Crippen LogP contribution in [0.4, 0.5) is 0 Å². The molecule has 7 N–H and O–H groups in total. The van der Waals surface area contributed by atoms with Crippen molar-refractivity contribution in [3.8, 4) is 0 Å². The molecule has 1 rings (SSSR count). The van der Waals surface area contributed by atoms with Crippen molar-refractivity contribution in [2.24, 2.45) is 0 Å². The van der Waals surface area contributed by atoms with Crippen LogP contribution in [0.1, 0.15) is 112 Å². The van der Waals surface area contributed by atoms with Gasteiger partial charge in [0.25, 0.3) is 0 Å². The number of esters is 1. The van der Waals surface area contributed by atoms with Crippen LogP contribution in [0, 0.1) is 0 Å². The molecule has 1 aromatic rings. The number of ether oxygens (including phenoxy) is 1. The third-order valence-corrected chi connectivity index (χ3v) is 6.49. The second-order valence-corrected chi connectivity index (χ2v) is 10.0. The smallest absolute Gasteiger partial charge is 0.353 e. The van der Waals surface area contributed by atoms with E-state index in [9.17, 15) is 69.3 Å². The zero-order valence-corrected chi connectivity index (χ0v) is 24.6. The quantitative estimate of drug-likeness (QED) is 0.0935. The van der Waals surface area contributed by atoms with Crippen molar-refractivity contribution in [2.45, 2.75) is 97.1 Å². The molecule has 0 aliphatic heterocycles. The second kappa shape index (κ2) is 14.2. The first-order valence-electron chi connectivity index (χ1n) is 13.1. The normalized spacial score (nSPS) is 17.0. The van der Waals surface area contributed by atoms with Crippen molar-refractivity contribution in [3.05, 3.63) is 33.4 Å². The minimum absolute atomic E-state index is 0.847. The summed E-state index contributed by atoms with van der Waals surface area (Å²) in [5.41, 5.74) is -10.7. The number of Topliss-reactive ketones (excluding diaryl/α,β-unsaturated/α-hetero) is 5. The van der Waals surface area contributed by atoms with Gasteiger partial charge in [-0.05, 0) is 48.0 Å². The van der Waals surface area contributed by atoms with Crippen LogP contribution in [-0.2, 0) is 19.9 Å². The highest BCUT2D eigenvalue weighted by Gasteiger charge is 2.53. The Hall–Kier alpha value is -3.73. The van der Waals surface area contributed by atoms with Crippen LogP contribution in [0.25, 0.3) is 0 Å². The summed E-state index contributed by atoms with van der Waals surface area (Å²) in [4.78, 5) is 93.5. The predicted molar refractivity (Wildman–Crippen MR) is 144 cm³/mol. The molecule has 7 unspecified atom stereocenters. The maximum Gasteiger partial charge on any atom is 0.353 e. The van der Waals surface area contributed by atoms with Crippen molar-refractivity contribution < 1.29 is 74.0 Å². The van der Waals surface area contributed by atoms with E-state index in [4.69, 9.17) is 4.74 Å². The monoisotopic (exact) mass is 612 g/mol. The number of carboxylic acid groups (broad SMARTS) is 1. The second-order valence-electron chi connectivity index (χ2n) is 10.0. The predicted octanol–water partition coefficient (Wildman–Crippen LogP) is -0.882. The number of carboxylic acids is 1. The molecule has 15 nitrogen and oxygen atoms in total. The molecule has 0 radical (unpaired) electrons. The first-order valence-corrected chi connectivity index (χ1v) is 13.1. The number of hydrogen-bond donors (Lipinski definition) is 7. The summed E-state index contributed by atoms with van der Waals surface area (Å²) >= 11 is 0. The summed E-state index contributed by atoms with van der Waals surface area (Å²) in [5, 5.41) is 71.7. The van der Waals surface area contributed by atoms with E-state index in [-0.39, 0.29) is 0 Å². The van der Waals surface area contributed by atoms with Crippen LogP contribution in [0.2, 0.25) is 0 Å². The molecule has 15 heteroatoms. The molecule has 0 saturated heterocycles. The van der Waals surface area contributed by atoms with Crippen molar-refractivity contribution in [1.82, 2.24) is 0 Å². The highest BCUT2D eigenvalue weighted by Crippen LogP contribution is 2.43. The lowest BCUT2D eigenvalue weighted by molar-refractivity contribution is -0.186. The number of aliphatic hydroxyl groups excluding tert-OH is 6. The number of aliphatic hydroxyl groups is 6. The fraction of sp³-hybridized carbons (Fsp3) is 0.536. The Morgan fingerprint density at radius 1 is 0.535 bits per heavy atom. The van der Waals surface area contributed by atoms with Gasteiger partial charge in [-0.1, -0.05) is 6.92 Å². The van der Waals surface area contributed by atoms with E-state index in [0.29, 0.717) is 0 Å². The molecule has 0 spiro atoms. The summed E-state index contributed by atoms with van der Waals surface area (Å²) < 4.78 is 5.14. The first-order chi connectivity index (χ1) is 19.6. The van der Waals surface area contributed by atoms with Crippen LogP contribution >= 0.6 is 0 Å². The molecule has 0 fully saturated rings. The number of benzene rings is 1. The van der Waals surface area contributed by atoms with Crippen LogP contribution in [0.5, 0.6) is 0 Å². The lowest BCUT2D eigenvalue weighted by Gasteiger charge is -2.35. The fourth-order valence-corrected chi connectivity index (χ4v) is 4.29. The minimum atomic E-state index is -3.25. The van der Waals surface area contributed by atoms with Gasteiger partial charge in [0.05, 0.1) is 0 Å². The molecular formula is C28H36O15. The highest BCUT2D eigenvalue weighted by atomic mass is 16.6. The largest absolute Gasteiger partial charge is 0.478 e. The summed E-state index contributed by atoms with van der Waals surface area (Å²) in [7, 11) is 0. The first kappa shape index (κ1) is 37.3. The average molecular weight is 613 g/mol. The molecule has 43 heavy (non-hydrogen) atoms. The van der Waals surface area contributed by atoms with E-state index in [0.717, 1.165) is 48.5 Å². The molecule has 0 aliphatic carbocycles. The number of hydrogen-bond acceptors (Lipinski definition) is 14. The van der Waals surface area contributed by atoms with Crippen LogP contribution in [0.3, 0.4) is 0 Å². The molecule has 238 valence electrons. The van der Waals surface area contributed by atoms with Crippen LogP contribution < -0.4 is 0 Å². The van der Waals surface area contributed by atoms with Crippen molar-refractivity contribution in [2.75, 3.05) is 0 Å². The number of carbonyl (C=O) groups is 7. The van der Waals surface area contributed by atoms with Gasteiger partial charge in [-0.3, -0.25) is 24.0 Å². The molecule has 0 bridgehead atoms. The van der Waals surface area contributed by atoms with E-state index >= 15 is 0 Å². The molecule has 0 amide bonds. The van der Waals surface area contributed by atoms with E-state index in [1.807, 2.05) is 0 Å². The van der Waals surface area contributed by atoms with Gasteiger partial charge >= 0.3 is 11.9 Å². The van der Waals surface area contributed by atoms with Gasteiger partial charge in [-0.15, -0.1) is 0 Å². The zero-order chi connectivity index (χ0) is 33.9. The highest BCUT2D eigenvalue weighted by molar-refractivity contribution is 6.27. The molecule has 1 aromatic carbocycles. The topological polar surface area (TPSA) is 270 Å². The SMILES string of the molecule is CCC(OC(=O)C(C)O)(C(=O)O)c1c(C(=O)C(C)O)c(C(=O)C(C)O)c(C(=O)C(C)O)c(C(=O)C(C)O)c1C(=O)C(C)O. The van der Waals surface area contributed by atoms with Crippen LogP contribution in [0.15, 0.2) is 0 Å². The fourth-order valence-electron chi connectivity index (χ4n) is 4.29. The Morgan fingerprint density at radius 2 is 0.791 bits per heavy atom.